The van der Waals surface area contributed by atoms with Gasteiger partial charge in [-0.15, -0.1) is 0 Å². The minimum absolute atomic E-state index is 0.0494. The molecule has 1 saturated heterocycles. The first-order valence-corrected chi connectivity index (χ1v) is 10.2. The molecule has 2 heterocycles. The van der Waals surface area contributed by atoms with Gasteiger partial charge in [-0.05, 0) is 70.1 Å². The summed E-state index contributed by atoms with van der Waals surface area (Å²) in [5.74, 6) is 2.01. The van der Waals surface area contributed by atoms with E-state index in [1.165, 1.54) is 19.3 Å². The van der Waals surface area contributed by atoms with Crippen molar-refractivity contribution in [2.24, 2.45) is 0 Å². The number of carbonyl (C=O) groups excluding carboxylic acids is 1. The van der Waals surface area contributed by atoms with Crippen LogP contribution in [0.15, 0.2) is 41.0 Å². The summed E-state index contributed by atoms with van der Waals surface area (Å²) in [6.45, 7) is 7.45. The predicted octanol–water partition coefficient (Wildman–Crippen LogP) is 4.03. The van der Waals surface area contributed by atoms with Gasteiger partial charge in [-0.25, -0.2) is 0 Å². The summed E-state index contributed by atoms with van der Waals surface area (Å²) in [5, 5.41) is 3.07. The number of amides is 1. The SMILES string of the molecule is CCOc1ccc(C(=O)NCC(c2ccco2)N2CCCCC2)cc1OCC. The van der Waals surface area contributed by atoms with Crippen molar-refractivity contribution in [3.05, 3.63) is 47.9 Å². The number of hydrogen-bond acceptors (Lipinski definition) is 5. The molecule has 1 N–H and O–H groups in total. The van der Waals surface area contributed by atoms with Crippen LogP contribution in [0.25, 0.3) is 0 Å². The zero-order valence-corrected chi connectivity index (χ0v) is 16.8. The molecule has 6 heteroatoms. The maximum atomic E-state index is 12.8. The summed E-state index contributed by atoms with van der Waals surface area (Å²) in [4.78, 5) is 15.2. The van der Waals surface area contributed by atoms with Gasteiger partial charge in [0.25, 0.3) is 5.91 Å². The second-order valence-corrected chi connectivity index (χ2v) is 6.87. The number of ether oxygens (including phenoxy) is 2. The highest BCUT2D eigenvalue weighted by atomic mass is 16.5. The topological polar surface area (TPSA) is 63.9 Å². The van der Waals surface area contributed by atoms with E-state index >= 15 is 0 Å². The van der Waals surface area contributed by atoms with Gasteiger partial charge in [0.1, 0.15) is 5.76 Å². The third kappa shape index (κ3) is 5.07. The average Bonchev–Trinajstić information content (AvgIpc) is 3.25. The maximum absolute atomic E-state index is 12.8. The Kier molecular flexibility index (Phi) is 7.37. The molecule has 3 rings (SSSR count). The van der Waals surface area contributed by atoms with Crippen molar-refractivity contribution in [1.29, 1.82) is 0 Å². The molecular weight excluding hydrogens is 356 g/mol. The van der Waals surface area contributed by atoms with Crippen LogP contribution in [0, 0.1) is 0 Å². The Morgan fingerprint density at radius 2 is 1.86 bits per heavy atom. The number of furan rings is 1. The molecular formula is C22H30N2O4. The van der Waals surface area contributed by atoms with Gasteiger partial charge in [-0.2, -0.15) is 0 Å². The lowest BCUT2D eigenvalue weighted by Gasteiger charge is -2.33. The third-order valence-electron chi connectivity index (χ3n) is 4.96. The molecule has 1 aliphatic heterocycles. The van der Waals surface area contributed by atoms with Crippen molar-refractivity contribution in [2.75, 3.05) is 32.8 Å². The van der Waals surface area contributed by atoms with E-state index in [1.807, 2.05) is 26.0 Å². The normalized spacial score (nSPS) is 15.8. The summed E-state index contributed by atoms with van der Waals surface area (Å²) >= 11 is 0. The molecule has 1 amide bonds. The van der Waals surface area contributed by atoms with Gasteiger partial charge in [0.2, 0.25) is 0 Å². The summed E-state index contributed by atoms with van der Waals surface area (Å²) in [5.41, 5.74) is 0.559. The smallest absolute Gasteiger partial charge is 0.251 e. The molecule has 0 radical (unpaired) electrons. The fourth-order valence-electron chi connectivity index (χ4n) is 3.60. The standard InChI is InChI=1S/C22H30N2O4/c1-3-26-20-11-10-17(15-21(20)27-4-2)22(25)23-16-18(19-9-8-14-28-19)24-12-6-5-7-13-24/h8-11,14-15,18H,3-7,12-13,16H2,1-2H3,(H,23,25). The number of hydrogen-bond donors (Lipinski definition) is 1. The van der Waals surface area contributed by atoms with Gasteiger partial charge in [-0.3, -0.25) is 9.69 Å². The summed E-state index contributed by atoms with van der Waals surface area (Å²) in [7, 11) is 0. The average molecular weight is 386 g/mol. The number of piperidine rings is 1. The lowest BCUT2D eigenvalue weighted by molar-refractivity contribution is 0.0913. The molecule has 0 bridgehead atoms. The van der Waals surface area contributed by atoms with Crippen LogP contribution >= 0.6 is 0 Å². The lowest BCUT2D eigenvalue weighted by atomic mass is 10.1. The van der Waals surface area contributed by atoms with Gasteiger partial charge in [-0.1, -0.05) is 6.42 Å². The largest absolute Gasteiger partial charge is 0.490 e. The van der Waals surface area contributed by atoms with Gasteiger partial charge < -0.3 is 19.2 Å². The zero-order chi connectivity index (χ0) is 19.8. The molecule has 1 aromatic carbocycles. The van der Waals surface area contributed by atoms with E-state index in [0.29, 0.717) is 36.8 Å². The van der Waals surface area contributed by atoms with E-state index < -0.39 is 0 Å². The first kappa shape index (κ1) is 20.3. The van der Waals surface area contributed by atoms with E-state index in [4.69, 9.17) is 13.9 Å². The fraction of sp³-hybridized carbons (Fsp3) is 0.500. The molecule has 1 atom stereocenters. The van der Waals surface area contributed by atoms with Crippen LogP contribution in [0.1, 0.15) is 55.3 Å². The van der Waals surface area contributed by atoms with Crippen LogP contribution in [0.4, 0.5) is 0 Å². The highest BCUT2D eigenvalue weighted by molar-refractivity contribution is 5.94. The fourth-order valence-corrected chi connectivity index (χ4v) is 3.60. The summed E-state index contributed by atoms with van der Waals surface area (Å²) < 4.78 is 16.9. The van der Waals surface area contributed by atoms with Crippen molar-refractivity contribution in [2.45, 2.75) is 39.2 Å². The zero-order valence-electron chi connectivity index (χ0n) is 16.8. The number of nitrogens with zero attached hydrogens (tertiary/aromatic N) is 1. The second kappa shape index (κ2) is 10.2. The molecule has 1 aromatic heterocycles. The van der Waals surface area contributed by atoms with Crippen LogP contribution in [0.5, 0.6) is 11.5 Å². The van der Waals surface area contributed by atoms with Crippen LogP contribution in [-0.4, -0.2) is 43.7 Å². The molecule has 152 valence electrons. The predicted molar refractivity (Wildman–Crippen MR) is 108 cm³/mol. The van der Waals surface area contributed by atoms with Gasteiger partial charge in [0.15, 0.2) is 11.5 Å². The lowest BCUT2D eigenvalue weighted by Crippen LogP contribution is -2.40. The van der Waals surface area contributed by atoms with Gasteiger partial charge >= 0.3 is 0 Å². The van der Waals surface area contributed by atoms with E-state index in [1.54, 1.807) is 24.5 Å². The highest BCUT2D eigenvalue weighted by Crippen LogP contribution is 2.29. The number of rotatable bonds is 9. The second-order valence-electron chi connectivity index (χ2n) is 6.87. The number of likely N-dealkylation sites (tertiary alicyclic amines) is 1. The monoisotopic (exact) mass is 386 g/mol. The van der Waals surface area contributed by atoms with Crippen LogP contribution in [0.3, 0.4) is 0 Å². The summed E-state index contributed by atoms with van der Waals surface area (Å²) in [6, 6.07) is 9.23. The Morgan fingerprint density at radius 1 is 1.11 bits per heavy atom. The molecule has 6 nitrogen and oxygen atoms in total. The minimum Gasteiger partial charge on any atom is -0.490 e. The van der Waals surface area contributed by atoms with Crippen LogP contribution in [-0.2, 0) is 0 Å². The first-order chi connectivity index (χ1) is 13.7. The molecule has 0 spiro atoms. The number of nitrogens with one attached hydrogen (secondary N) is 1. The van der Waals surface area contributed by atoms with Crippen LogP contribution < -0.4 is 14.8 Å². The van der Waals surface area contributed by atoms with Gasteiger partial charge in [0, 0.05) is 12.1 Å². The quantitative estimate of drug-likeness (QED) is 0.705. The first-order valence-electron chi connectivity index (χ1n) is 10.2. The molecule has 1 fully saturated rings. The van der Waals surface area contributed by atoms with E-state index in [9.17, 15) is 4.79 Å². The van der Waals surface area contributed by atoms with Crippen LogP contribution in [0.2, 0.25) is 0 Å². The molecule has 2 aromatic rings. The molecule has 1 aliphatic rings. The Bertz CT molecular complexity index is 739. The van der Waals surface area contributed by atoms with E-state index in [0.717, 1.165) is 18.8 Å². The van der Waals surface area contributed by atoms with Crippen molar-refractivity contribution >= 4 is 5.91 Å². The Labute approximate surface area is 166 Å². The molecule has 0 saturated carbocycles. The minimum atomic E-state index is -0.127. The number of carbonyl (C=O) groups is 1. The Morgan fingerprint density at radius 3 is 2.54 bits per heavy atom. The van der Waals surface area contributed by atoms with Gasteiger partial charge in [0.05, 0.1) is 25.5 Å². The molecule has 1 unspecified atom stereocenters. The highest BCUT2D eigenvalue weighted by Gasteiger charge is 2.25. The molecule has 28 heavy (non-hydrogen) atoms. The Balaban J connectivity index is 1.69. The van der Waals surface area contributed by atoms with E-state index in [2.05, 4.69) is 10.2 Å². The third-order valence-corrected chi connectivity index (χ3v) is 4.96. The van der Waals surface area contributed by atoms with E-state index in [-0.39, 0.29) is 11.9 Å². The number of benzene rings is 1. The molecule has 0 aliphatic carbocycles. The van der Waals surface area contributed by atoms with Crippen molar-refractivity contribution < 1.29 is 18.7 Å². The summed E-state index contributed by atoms with van der Waals surface area (Å²) in [6.07, 6.45) is 5.32. The Hall–Kier alpha value is -2.47. The maximum Gasteiger partial charge on any atom is 0.251 e. The van der Waals surface area contributed by atoms with Crippen molar-refractivity contribution in [3.63, 3.8) is 0 Å². The van der Waals surface area contributed by atoms with Crippen molar-refractivity contribution in [1.82, 2.24) is 10.2 Å². The van der Waals surface area contributed by atoms with Crippen molar-refractivity contribution in [3.8, 4) is 11.5 Å².